The third-order valence-corrected chi connectivity index (χ3v) is 2.92. The van der Waals surface area contributed by atoms with Crippen LogP contribution in [0, 0.1) is 0 Å². The van der Waals surface area contributed by atoms with Gasteiger partial charge in [-0.1, -0.05) is 6.92 Å². The molecule has 0 saturated carbocycles. The van der Waals surface area contributed by atoms with E-state index in [2.05, 4.69) is 44.5 Å². The molecule has 2 aromatic rings. The van der Waals surface area contributed by atoms with E-state index in [0.717, 1.165) is 28.8 Å². The van der Waals surface area contributed by atoms with E-state index in [1.54, 1.807) is 0 Å². The summed E-state index contributed by atoms with van der Waals surface area (Å²) in [7, 11) is 0. The third-order valence-electron chi connectivity index (χ3n) is 2.45. The molecule has 0 atom stereocenters. The Morgan fingerprint density at radius 2 is 2.27 bits per heavy atom. The van der Waals surface area contributed by atoms with E-state index >= 15 is 0 Å². The van der Waals surface area contributed by atoms with Gasteiger partial charge >= 0.3 is 0 Å². The van der Waals surface area contributed by atoms with Crippen molar-refractivity contribution in [1.82, 2.24) is 9.38 Å². The van der Waals surface area contributed by atoms with E-state index in [-0.39, 0.29) is 0 Å². The van der Waals surface area contributed by atoms with Gasteiger partial charge in [-0.05, 0) is 34.6 Å². The van der Waals surface area contributed by atoms with Crippen molar-refractivity contribution in [3.63, 3.8) is 0 Å². The smallest absolute Gasteiger partial charge is 0.113 e. The predicted octanol–water partition coefficient (Wildman–Crippen LogP) is 2.16. The highest BCUT2D eigenvalue weighted by molar-refractivity contribution is 9.10. The summed E-state index contributed by atoms with van der Waals surface area (Å²) in [5.74, 6) is 1.09. The lowest BCUT2D eigenvalue weighted by atomic mass is 10.2. The number of pyridine rings is 1. The fraction of sp³-hybridized carbons (Fsp3) is 0.364. The number of nitrogens with zero attached hydrogens (tertiary/aromatic N) is 2. The molecule has 2 N–H and O–H groups in total. The Morgan fingerprint density at radius 3 is 2.93 bits per heavy atom. The van der Waals surface area contributed by atoms with Gasteiger partial charge in [0.25, 0.3) is 0 Å². The molecule has 0 saturated heterocycles. The van der Waals surface area contributed by atoms with Crippen molar-refractivity contribution < 1.29 is 0 Å². The maximum atomic E-state index is 5.57. The van der Waals surface area contributed by atoms with Gasteiger partial charge in [0, 0.05) is 23.5 Å². The van der Waals surface area contributed by atoms with Crippen LogP contribution < -0.4 is 5.73 Å². The Balaban J connectivity index is 2.64. The Morgan fingerprint density at radius 1 is 1.47 bits per heavy atom. The highest BCUT2D eigenvalue weighted by atomic mass is 79.9. The SMILES string of the molecule is CCc1nc(CCN)c2ccc(Br)cn12. The molecule has 0 aromatic carbocycles. The Bertz CT molecular complexity index is 476. The van der Waals surface area contributed by atoms with E-state index < -0.39 is 0 Å². The Kier molecular flexibility index (Phi) is 3.07. The summed E-state index contributed by atoms with van der Waals surface area (Å²) >= 11 is 3.47. The summed E-state index contributed by atoms with van der Waals surface area (Å²) in [6.07, 6.45) is 3.83. The van der Waals surface area contributed by atoms with E-state index in [1.807, 2.05) is 6.07 Å². The molecule has 15 heavy (non-hydrogen) atoms. The molecule has 0 spiro atoms. The van der Waals surface area contributed by atoms with Gasteiger partial charge in [-0.25, -0.2) is 4.98 Å². The van der Waals surface area contributed by atoms with Crippen LogP contribution in [0.2, 0.25) is 0 Å². The van der Waals surface area contributed by atoms with E-state index in [1.165, 1.54) is 5.52 Å². The first-order chi connectivity index (χ1) is 7.26. The molecule has 0 amide bonds. The molecule has 2 rings (SSSR count). The van der Waals surface area contributed by atoms with Crippen LogP contribution >= 0.6 is 15.9 Å². The van der Waals surface area contributed by atoms with Crippen molar-refractivity contribution in [2.24, 2.45) is 5.73 Å². The molecule has 2 aromatic heterocycles. The summed E-state index contributed by atoms with van der Waals surface area (Å²) in [6.45, 7) is 2.76. The molecule has 0 aliphatic heterocycles. The fourth-order valence-corrected chi connectivity index (χ4v) is 2.10. The number of hydrogen-bond donors (Lipinski definition) is 1. The second-order valence-electron chi connectivity index (χ2n) is 3.47. The molecule has 0 bridgehead atoms. The van der Waals surface area contributed by atoms with Gasteiger partial charge in [0.15, 0.2) is 0 Å². The molecule has 3 nitrogen and oxygen atoms in total. The molecule has 0 radical (unpaired) electrons. The van der Waals surface area contributed by atoms with Gasteiger partial charge in [-0.2, -0.15) is 0 Å². The van der Waals surface area contributed by atoms with Gasteiger partial charge in [-0.15, -0.1) is 0 Å². The molecule has 2 heterocycles. The molecule has 80 valence electrons. The Hall–Kier alpha value is -0.870. The fourth-order valence-electron chi connectivity index (χ4n) is 1.76. The molecule has 0 unspecified atom stereocenters. The number of aryl methyl sites for hydroxylation is 1. The second-order valence-corrected chi connectivity index (χ2v) is 4.39. The first kappa shape index (κ1) is 10.6. The lowest BCUT2D eigenvalue weighted by Gasteiger charge is -1.99. The number of imidazole rings is 1. The zero-order chi connectivity index (χ0) is 10.8. The van der Waals surface area contributed by atoms with Gasteiger partial charge in [0.2, 0.25) is 0 Å². The topological polar surface area (TPSA) is 43.3 Å². The largest absolute Gasteiger partial charge is 0.330 e. The number of nitrogens with two attached hydrogens (primary N) is 1. The van der Waals surface area contributed by atoms with E-state index in [0.29, 0.717) is 6.54 Å². The van der Waals surface area contributed by atoms with Crippen molar-refractivity contribution in [2.45, 2.75) is 19.8 Å². The minimum Gasteiger partial charge on any atom is -0.330 e. The molecule has 4 heteroatoms. The highest BCUT2D eigenvalue weighted by Crippen LogP contribution is 2.18. The third kappa shape index (κ3) is 1.92. The Labute approximate surface area is 97.4 Å². The van der Waals surface area contributed by atoms with E-state index in [9.17, 15) is 0 Å². The predicted molar refractivity (Wildman–Crippen MR) is 65.0 cm³/mol. The summed E-state index contributed by atoms with van der Waals surface area (Å²) in [6, 6.07) is 4.12. The van der Waals surface area contributed by atoms with Gasteiger partial charge in [-0.3, -0.25) is 0 Å². The summed E-state index contributed by atoms with van der Waals surface area (Å²) in [5.41, 5.74) is 7.84. The molecule has 0 aliphatic rings. The van der Waals surface area contributed by atoms with Crippen molar-refractivity contribution in [1.29, 1.82) is 0 Å². The van der Waals surface area contributed by atoms with Crippen LogP contribution in [0.15, 0.2) is 22.8 Å². The minimum absolute atomic E-state index is 0.645. The maximum absolute atomic E-state index is 5.57. The highest BCUT2D eigenvalue weighted by Gasteiger charge is 2.08. The number of rotatable bonds is 3. The number of halogens is 1. The standard InChI is InChI=1S/C11H14BrN3/c1-2-11-14-9(5-6-13)10-4-3-8(12)7-15(10)11/h3-4,7H,2,5-6,13H2,1H3. The molecule has 0 fully saturated rings. The first-order valence-electron chi connectivity index (χ1n) is 5.11. The van der Waals surface area contributed by atoms with Crippen molar-refractivity contribution >= 4 is 21.4 Å². The van der Waals surface area contributed by atoms with Crippen LogP contribution in [0.4, 0.5) is 0 Å². The first-order valence-corrected chi connectivity index (χ1v) is 5.91. The number of aromatic nitrogens is 2. The minimum atomic E-state index is 0.645. The normalized spacial score (nSPS) is 11.1. The molecule has 0 aliphatic carbocycles. The summed E-state index contributed by atoms with van der Waals surface area (Å²) in [5, 5.41) is 0. The lowest BCUT2D eigenvalue weighted by Crippen LogP contribution is -2.03. The van der Waals surface area contributed by atoms with Crippen molar-refractivity contribution in [2.75, 3.05) is 6.54 Å². The van der Waals surface area contributed by atoms with Crippen LogP contribution in [0.3, 0.4) is 0 Å². The number of hydrogen-bond acceptors (Lipinski definition) is 2. The van der Waals surface area contributed by atoms with Crippen molar-refractivity contribution in [3.8, 4) is 0 Å². The van der Waals surface area contributed by atoms with Crippen LogP contribution in [-0.4, -0.2) is 15.9 Å². The van der Waals surface area contributed by atoms with Gasteiger partial charge < -0.3 is 10.1 Å². The second kappa shape index (κ2) is 4.33. The average molecular weight is 268 g/mol. The van der Waals surface area contributed by atoms with Crippen LogP contribution in [0.25, 0.3) is 5.52 Å². The van der Waals surface area contributed by atoms with Gasteiger partial charge in [0.1, 0.15) is 5.82 Å². The quantitative estimate of drug-likeness (QED) is 0.927. The summed E-state index contributed by atoms with van der Waals surface area (Å²) < 4.78 is 3.20. The lowest BCUT2D eigenvalue weighted by molar-refractivity contribution is 0.898. The zero-order valence-corrected chi connectivity index (χ0v) is 10.3. The zero-order valence-electron chi connectivity index (χ0n) is 8.70. The van der Waals surface area contributed by atoms with Crippen LogP contribution in [0.1, 0.15) is 18.4 Å². The van der Waals surface area contributed by atoms with Crippen LogP contribution in [0.5, 0.6) is 0 Å². The molecular weight excluding hydrogens is 254 g/mol. The molecular formula is C11H14BrN3. The van der Waals surface area contributed by atoms with Crippen LogP contribution in [-0.2, 0) is 12.8 Å². The maximum Gasteiger partial charge on any atom is 0.113 e. The summed E-state index contributed by atoms with van der Waals surface area (Å²) in [4.78, 5) is 4.60. The average Bonchev–Trinajstić information content (AvgIpc) is 2.56. The van der Waals surface area contributed by atoms with Crippen molar-refractivity contribution in [3.05, 3.63) is 34.3 Å². The van der Waals surface area contributed by atoms with E-state index in [4.69, 9.17) is 5.73 Å². The monoisotopic (exact) mass is 267 g/mol. The van der Waals surface area contributed by atoms with Gasteiger partial charge in [0.05, 0.1) is 11.2 Å². The number of fused-ring (bicyclic) bond motifs is 1.